The van der Waals surface area contributed by atoms with Crippen molar-refractivity contribution < 1.29 is 9.53 Å². The predicted molar refractivity (Wildman–Crippen MR) is 72.9 cm³/mol. The number of esters is 1. The van der Waals surface area contributed by atoms with Crippen LogP contribution in [0.25, 0.3) is 0 Å². The topological polar surface area (TPSA) is 52.3 Å². The summed E-state index contributed by atoms with van der Waals surface area (Å²) in [5, 5.41) is 0. The van der Waals surface area contributed by atoms with Gasteiger partial charge < -0.3 is 10.5 Å². The van der Waals surface area contributed by atoms with Crippen molar-refractivity contribution in [2.75, 3.05) is 0 Å². The molecule has 18 heavy (non-hydrogen) atoms. The summed E-state index contributed by atoms with van der Waals surface area (Å²) in [5.74, 6) is -0.371. The number of rotatable bonds is 5. The fourth-order valence-electron chi connectivity index (χ4n) is 1.39. The second kappa shape index (κ2) is 6.36. The van der Waals surface area contributed by atoms with Crippen molar-refractivity contribution in [3.8, 4) is 0 Å². The van der Waals surface area contributed by atoms with Gasteiger partial charge in [-0.05, 0) is 32.8 Å². The Balaban J connectivity index is 2.52. The first-order valence-corrected chi connectivity index (χ1v) is 6.05. The normalized spacial score (nSPS) is 13.6. The maximum absolute atomic E-state index is 11.9. The quantitative estimate of drug-likeness (QED) is 0.643. The summed E-state index contributed by atoms with van der Waals surface area (Å²) in [6.45, 7) is 5.91. The largest absolute Gasteiger partial charge is 0.459 e. The van der Waals surface area contributed by atoms with Crippen molar-refractivity contribution >= 4 is 5.97 Å². The molecule has 3 nitrogen and oxygen atoms in total. The van der Waals surface area contributed by atoms with Crippen LogP contribution in [0.4, 0.5) is 0 Å². The van der Waals surface area contributed by atoms with Gasteiger partial charge in [0, 0.05) is 0 Å². The Morgan fingerprint density at radius 1 is 1.33 bits per heavy atom. The van der Waals surface area contributed by atoms with Gasteiger partial charge in [-0.25, -0.2) is 0 Å². The van der Waals surface area contributed by atoms with Crippen LogP contribution in [0.15, 0.2) is 42.0 Å². The molecule has 1 aromatic rings. The predicted octanol–water partition coefficient (Wildman–Crippen LogP) is 2.80. The monoisotopic (exact) mass is 247 g/mol. The molecule has 0 aliphatic rings. The van der Waals surface area contributed by atoms with Gasteiger partial charge in [0.15, 0.2) is 0 Å². The van der Waals surface area contributed by atoms with Gasteiger partial charge >= 0.3 is 5.97 Å². The Bertz CT molecular complexity index is 417. The molecule has 0 saturated heterocycles. The van der Waals surface area contributed by atoms with E-state index >= 15 is 0 Å². The number of ether oxygens (including phenoxy) is 1. The molecule has 1 rings (SSSR count). The number of carbonyl (C=O) groups excluding carboxylic acids is 1. The number of hydrogen-bond donors (Lipinski definition) is 1. The molecular formula is C15H21NO2. The zero-order valence-electron chi connectivity index (χ0n) is 11.3. The number of benzene rings is 1. The molecule has 98 valence electrons. The second-order valence-corrected chi connectivity index (χ2v) is 4.96. The maximum Gasteiger partial charge on any atom is 0.326 e. The van der Waals surface area contributed by atoms with Gasteiger partial charge in [-0.15, -0.1) is 0 Å². The minimum Gasteiger partial charge on any atom is -0.459 e. The molecule has 0 unspecified atom stereocenters. The summed E-state index contributed by atoms with van der Waals surface area (Å²) in [6, 6.07) is 9.57. The fraction of sp³-hybridized carbons (Fsp3) is 0.400. The van der Waals surface area contributed by atoms with Crippen molar-refractivity contribution in [1.29, 1.82) is 0 Å². The molecule has 0 saturated carbocycles. The van der Waals surface area contributed by atoms with E-state index in [1.165, 1.54) is 0 Å². The third-order valence-corrected chi connectivity index (χ3v) is 2.61. The Labute approximate surface area is 109 Å². The van der Waals surface area contributed by atoms with Crippen molar-refractivity contribution in [2.45, 2.75) is 39.3 Å². The first-order valence-electron chi connectivity index (χ1n) is 6.05. The van der Waals surface area contributed by atoms with Crippen LogP contribution >= 0.6 is 0 Å². The first kappa shape index (κ1) is 14.5. The summed E-state index contributed by atoms with van der Waals surface area (Å²) >= 11 is 0. The van der Waals surface area contributed by atoms with Crippen molar-refractivity contribution in [2.24, 2.45) is 5.73 Å². The Morgan fingerprint density at radius 2 is 1.94 bits per heavy atom. The maximum atomic E-state index is 11.9. The van der Waals surface area contributed by atoms with Crippen molar-refractivity contribution in [1.82, 2.24) is 0 Å². The average Bonchev–Trinajstić information content (AvgIpc) is 2.35. The zero-order chi connectivity index (χ0) is 13.6. The molecule has 2 N–H and O–H groups in total. The molecule has 1 aromatic carbocycles. The third-order valence-electron chi connectivity index (χ3n) is 2.61. The molecular weight excluding hydrogens is 226 g/mol. The Morgan fingerprint density at radius 3 is 2.50 bits per heavy atom. The summed E-state index contributed by atoms with van der Waals surface area (Å²) in [7, 11) is 0. The lowest BCUT2D eigenvalue weighted by Crippen LogP contribution is -2.45. The summed E-state index contributed by atoms with van der Waals surface area (Å²) < 4.78 is 5.23. The van der Waals surface area contributed by atoms with E-state index in [2.05, 4.69) is 0 Å². The van der Waals surface area contributed by atoms with E-state index in [0.29, 0.717) is 6.42 Å². The standard InChI is InChI=1S/C15H21NO2/c1-12(2)9-10-15(3,16)14(17)18-11-13-7-5-4-6-8-13/h4-9H,10-11,16H2,1-3H3/t15-/m1/s1. The van der Waals surface area contributed by atoms with Gasteiger partial charge in [-0.3, -0.25) is 4.79 Å². The van der Waals surface area contributed by atoms with Gasteiger partial charge in [0.2, 0.25) is 0 Å². The van der Waals surface area contributed by atoms with Crippen LogP contribution in [0.3, 0.4) is 0 Å². The van der Waals surface area contributed by atoms with Gasteiger partial charge in [-0.1, -0.05) is 42.0 Å². The molecule has 0 spiro atoms. The molecule has 3 heteroatoms. The lowest BCUT2D eigenvalue weighted by atomic mass is 9.98. The van der Waals surface area contributed by atoms with Crippen LogP contribution in [0.1, 0.15) is 32.8 Å². The highest BCUT2D eigenvalue weighted by Crippen LogP contribution is 2.12. The molecule has 0 bridgehead atoms. The van der Waals surface area contributed by atoms with Gasteiger partial charge in [0.25, 0.3) is 0 Å². The molecule has 1 atom stereocenters. The lowest BCUT2D eigenvalue weighted by molar-refractivity contribution is -0.150. The fourth-order valence-corrected chi connectivity index (χ4v) is 1.39. The second-order valence-electron chi connectivity index (χ2n) is 4.96. The van der Waals surface area contributed by atoms with E-state index in [4.69, 9.17) is 10.5 Å². The summed E-state index contributed by atoms with van der Waals surface area (Å²) in [5.41, 5.74) is 7.09. The molecule has 0 amide bonds. The molecule has 0 aliphatic carbocycles. The third kappa shape index (κ3) is 4.72. The smallest absolute Gasteiger partial charge is 0.326 e. The minimum absolute atomic E-state index is 0.265. The SMILES string of the molecule is CC(C)=CC[C@@](C)(N)C(=O)OCc1ccccc1. The highest BCUT2D eigenvalue weighted by atomic mass is 16.5. The van der Waals surface area contributed by atoms with E-state index in [1.807, 2.05) is 50.3 Å². The van der Waals surface area contributed by atoms with Crippen LogP contribution < -0.4 is 5.73 Å². The number of nitrogens with two attached hydrogens (primary N) is 1. The van der Waals surface area contributed by atoms with Crippen LogP contribution in [-0.4, -0.2) is 11.5 Å². The molecule has 0 radical (unpaired) electrons. The van der Waals surface area contributed by atoms with E-state index in [0.717, 1.165) is 11.1 Å². The zero-order valence-corrected chi connectivity index (χ0v) is 11.3. The van der Waals surface area contributed by atoms with E-state index in [-0.39, 0.29) is 12.6 Å². The van der Waals surface area contributed by atoms with Crippen molar-refractivity contribution in [3.05, 3.63) is 47.5 Å². The van der Waals surface area contributed by atoms with Crippen molar-refractivity contribution in [3.63, 3.8) is 0 Å². The molecule has 0 aliphatic heterocycles. The Hall–Kier alpha value is -1.61. The average molecular weight is 247 g/mol. The molecule has 0 aromatic heterocycles. The highest BCUT2D eigenvalue weighted by molar-refractivity contribution is 5.80. The van der Waals surface area contributed by atoms with Crippen LogP contribution in [-0.2, 0) is 16.1 Å². The van der Waals surface area contributed by atoms with Crippen LogP contribution in [0.5, 0.6) is 0 Å². The summed E-state index contributed by atoms with van der Waals surface area (Å²) in [6.07, 6.45) is 2.44. The van der Waals surface area contributed by atoms with Crippen LogP contribution in [0, 0.1) is 0 Å². The Kier molecular flexibility index (Phi) is 5.10. The van der Waals surface area contributed by atoms with Gasteiger partial charge in [0.1, 0.15) is 12.1 Å². The van der Waals surface area contributed by atoms with Gasteiger partial charge in [-0.2, -0.15) is 0 Å². The van der Waals surface area contributed by atoms with E-state index < -0.39 is 5.54 Å². The lowest BCUT2D eigenvalue weighted by Gasteiger charge is -2.21. The van der Waals surface area contributed by atoms with Gasteiger partial charge in [0.05, 0.1) is 0 Å². The number of allylic oxidation sites excluding steroid dienone is 1. The number of hydrogen-bond acceptors (Lipinski definition) is 3. The van der Waals surface area contributed by atoms with E-state index in [9.17, 15) is 4.79 Å². The highest BCUT2D eigenvalue weighted by Gasteiger charge is 2.28. The molecule has 0 fully saturated rings. The van der Waals surface area contributed by atoms with E-state index in [1.54, 1.807) is 6.92 Å². The minimum atomic E-state index is -0.966. The van der Waals surface area contributed by atoms with Crippen LogP contribution in [0.2, 0.25) is 0 Å². The first-order chi connectivity index (χ1) is 8.42. The molecule has 0 heterocycles. The number of carbonyl (C=O) groups is 1. The summed E-state index contributed by atoms with van der Waals surface area (Å²) in [4.78, 5) is 11.9.